The van der Waals surface area contributed by atoms with Crippen molar-refractivity contribution < 1.29 is 24.3 Å². The fourth-order valence-corrected chi connectivity index (χ4v) is 8.67. The van der Waals surface area contributed by atoms with Gasteiger partial charge in [-0.25, -0.2) is 0 Å². The highest BCUT2D eigenvalue weighted by Gasteiger charge is 2.76. The van der Waals surface area contributed by atoms with Crippen LogP contribution in [-0.2, 0) is 19.2 Å². The van der Waals surface area contributed by atoms with E-state index in [1.54, 1.807) is 36.4 Å². The summed E-state index contributed by atoms with van der Waals surface area (Å²) in [5, 5.41) is 12.8. The summed E-state index contributed by atoms with van der Waals surface area (Å²) in [6.45, 7) is 3.75. The smallest absolute Gasteiger partial charge is 0.253 e. The molecule has 2 aliphatic carbocycles. The zero-order valence-corrected chi connectivity index (χ0v) is 24.1. The average molecular weight is 601 g/mol. The van der Waals surface area contributed by atoms with Crippen LogP contribution in [0.4, 0.5) is 5.69 Å². The molecule has 0 spiro atoms. The molecule has 4 aliphatic rings. The van der Waals surface area contributed by atoms with Gasteiger partial charge in [0.1, 0.15) is 5.75 Å². The lowest BCUT2D eigenvalue weighted by atomic mass is 9.56. The van der Waals surface area contributed by atoms with Gasteiger partial charge in [-0.2, -0.15) is 0 Å². The number of likely N-dealkylation sites (tertiary alicyclic amines) is 1. The maximum Gasteiger partial charge on any atom is 0.253 e. The van der Waals surface area contributed by atoms with Gasteiger partial charge in [-0.3, -0.25) is 29.0 Å². The molecule has 3 aromatic rings. The summed E-state index contributed by atoms with van der Waals surface area (Å²) in [5.41, 5.74) is 2.30. The van der Waals surface area contributed by atoms with Crippen LogP contribution in [0.1, 0.15) is 29.9 Å². The molecule has 3 aromatic carbocycles. The van der Waals surface area contributed by atoms with Crippen LogP contribution in [0.25, 0.3) is 16.8 Å². The molecule has 0 aromatic heterocycles. The lowest BCUT2D eigenvalue weighted by Gasteiger charge is -2.51. The highest BCUT2D eigenvalue weighted by atomic mass is 35.5. The summed E-state index contributed by atoms with van der Waals surface area (Å²) in [6.07, 6.45) is 3.67. The van der Waals surface area contributed by atoms with Gasteiger partial charge in [-0.05, 0) is 53.3 Å². The Labute approximate surface area is 252 Å². The second-order valence-electron chi connectivity index (χ2n) is 11.5. The fourth-order valence-electron chi connectivity index (χ4n) is 7.66. The molecule has 212 valence electrons. The van der Waals surface area contributed by atoms with Gasteiger partial charge in [0.25, 0.3) is 11.8 Å². The Morgan fingerprint density at radius 1 is 0.929 bits per heavy atom. The van der Waals surface area contributed by atoms with E-state index in [2.05, 4.69) is 6.58 Å². The van der Waals surface area contributed by atoms with E-state index < -0.39 is 45.2 Å². The van der Waals surface area contributed by atoms with E-state index in [-0.39, 0.29) is 30.4 Å². The van der Waals surface area contributed by atoms with Crippen LogP contribution in [-0.4, -0.2) is 50.4 Å². The third-order valence-electron chi connectivity index (χ3n) is 9.64. The molecule has 2 saturated heterocycles. The van der Waals surface area contributed by atoms with E-state index in [9.17, 15) is 24.3 Å². The van der Waals surface area contributed by atoms with Crippen molar-refractivity contribution in [2.45, 2.75) is 28.5 Å². The highest BCUT2D eigenvalue weighted by Crippen LogP contribution is 2.66. The van der Waals surface area contributed by atoms with E-state index in [1.165, 1.54) is 18.0 Å². The minimum Gasteiger partial charge on any atom is -0.508 e. The predicted molar refractivity (Wildman–Crippen MR) is 160 cm³/mol. The number of benzene rings is 3. The number of halogens is 2. The number of carbonyl (C=O) groups excluding carboxylic acids is 4. The number of allylic oxidation sites excluding steroid dienone is 2. The minimum atomic E-state index is -1.97. The first kappa shape index (κ1) is 26.9. The topological polar surface area (TPSA) is 95.0 Å². The van der Waals surface area contributed by atoms with Crippen molar-refractivity contribution in [2.24, 2.45) is 17.8 Å². The Morgan fingerprint density at radius 3 is 2.36 bits per heavy atom. The first-order valence-electron chi connectivity index (χ1n) is 13.8. The van der Waals surface area contributed by atoms with Crippen molar-refractivity contribution in [1.82, 2.24) is 4.90 Å². The maximum atomic E-state index is 14.1. The molecule has 6 unspecified atom stereocenters. The number of hydrogen-bond donors (Lipinski definition) is 1. The number of amides is 4. The third-order valence-corrected chi connectivity index (χ3v) is 11.1. The van der Waals surface area contributed by atoms with Gasteiger partial charge in [0.15, 0.2) is 9.75 Å². The van der Waals surface area contributed by atoms with Crippen molar-refractivity contribution >= 4 is 69.4 Å². The molecule has 6 atom stereocenters. The van der Waals surface area contributed by atoms with E-state index in [0.29, 0.717) is 22.2 Å². The summed E-state index contributed by atoms with van der Waals surface area (Å²) >= 11 is 14.6. The Bertz CT molecular complexity index is 1780. The number of alkyl halides is 2. The van der Waals surface area contributed by atoms with Crippen LogP contribution in [0, 0.1) is 17.8 Å². The number of rotatable bonds is 3. The molecule has 0 radical (unpaired) electrons. The Hall–Kier alpha value is -3.94. The first-order chi connectivity index (χ1) is 20.0. The zero-order valence-electron chi connectivity index (χ0n) is 22.6. The number of hydrogen-bond acceptors (Lipinski definition) is 5. The molecular weight excluding hydrogens is 575 g/mol. The van der Waals surface area contributed by atoms with Gasteiger partial charge in [0, 0.05) is 18.5 Å². The Balaban J connectivity index is 1.43. The molecule has 9 heteroatoms. The minimum absolute atomic E-state index is 0.103. The molecule has 7 nitrogen and oxygen atoms in total. The number of aromatic hydroxyl groups is 1. The molecule has 2 aliphatic heterocycles. The van der Waals surface area contributed by atoms with Gasteiger partial charge in [0.2, 0.25) is 11.8 Å². The number of nitrogens with zero attached hydrogens (tertiary/aromatic N) is 2. The highest BCUT2D eigenvalue weighted by molar-refractivity contribution is 6.53. The molecule has 1 N–H and O–H groups in total. The quantitative estimate of drug-likeness (QED) is 0.247. The monoisotopic (exact) mass is 600 g/mol. The first-order valence-corrected chi connectivity index (χ1v) is 14.5. The molecule has 0 bridgehead atoms. The largest absolute Gasteiger partial charge is 0.508 e. The van der Waals surface area contributed by atoms with Crippen molar-refractivity contribution in [3.63, 3.8) is 0 Å². The normalized spacial score (nSPS) is 32.1. The molecule has 7 rings (SSSR count). The van der Waals surface area contributed by atoms with Crippen LogP contribution in [0.5, 0.6) is 5.75 Å². The molecule has 4 amide bonds. The van der Waals surface area contributed by atoms with Gasteiger partial charge >= 0.3 is 0 Å². The van der Waals surface area contributed by atoms with E-state index in [4.69, 9.17) is 23.2 Å². The van der Waals surface area contributed by atoms with Crippen molar-refractivity contribution in [1.29, 1.82) is 0 Å². The van der Waals surface area contributed by atoms with Crippen LogP contribution < -0.4 is 4.90 Å². The Kier molecular flexibility index (Phi) is 5.79. The maximum absolute atomic E-state index is 14.1. The molecule has 1 saturated carbocycles. The summed E-state index contributed by atoms with van der Waals surface area (Å²) in [4.78, 5) is 53.7. The SMILES string of the molecule is C=Cc1ccc(N2C(=O)C3CC=C4C(CC5(Cl)C(=O)N(C)C(=O)C5(Cl)C4c4c(O)ccc5ccccc45)C3C2=O)cc1. The van der Waals surface area contributed by atoms with E-state index in [1.807, 2.05) is 30.3 Å². The molecule has 2 heterocycles. The van der Waals surface area contributed by atoms with Crippen molar-refractivity contribution in [3.8, 4) is 5.75 Å². The molecule has 42 heavy (non-hydrogen) atoms. The van der Waals surface area contributed by atoms with E-state index >= 15 is 0 Å². The second kappa shape index (κ2) is 9.03. The van der Waals surface area contributed by atoms with Crippen LogP contribution in [0.3, 0.4) is 0 Å². The average Bonchev–Trinajstić information content (AvgIpc) is 3.32. The van der Waals surface area contributed by atoms with Crippen molar-refractivity contribution in [3.05, 3.63) is 90.0 Å². The van der Waals surface area contributed by atoms with Crippen molar-refractivity contribution in [2.75, 3.05) is 11.9 Å². The van der Waals surface area contributed by atoms with E-state index in [0.717, 1.165) is 15.8 Å². The van der Waals surface area contributed by atoms with Crippen LogP contribution in [0.2, 0.25) is 0 Å². The van der Waals surface area contributed by atoms with Gasteiger partial charge in [-0.15, -0.1) is 23.2 Å². The second-order valence-corrected chi connectivity index (χ2v) is 12.8. The number of carbonyl (C=O) groups is 4. The summed E-state index contributed by atoms with van der Waals surface area (Å²) in [5.74, 6) is -5.34. The number of phenols is 1. The van der Waals surface area contributed by atoms with Crippen LogP contribution >= 0.6 is 23.2 Å². The number of fused-ring (bicyclic) bond motifs is 5. The predicted octanol–water partition coefficient (Wildman–Crippen LogP) is 5.38. The lowest BCUT2D eigenvalue weighted by Crippen LogP contribution is -2.60. The Morgan fingerprint density at radius 2 is 1.64 bits per heavy atom. The van der Waals surface area contributed by atoms with Crippen LogP contribution in [0.15, 0.2) is 78.9 Å². The fraction of sp³-hybridized carbons (Fsp3) is 0.273. The van der Waals surface area contributed by atoms with Gasteiger partial charge in [-0.1, -0.05) is 66.8 Å². The third kappa shape index (κ3) is 3.23. The number of anilines is 1. The zero-order chi connectivity index (χ0) is 29.7. The number of phenolic OH excluding ortho intramolecular Hbond substituents is 1. The summed E-state index contributed by atoms with van der Waals surface area (Å²) in [6, 6.07) is 17.6. The molecule has 3 fully saturated rings. The summed E-state index contributed by atoms with van der Waals surface area (Å²) < 4.78 is 0. The number of imide groups is 2. The van der Waals surface area contributed by atoms with Gasteiger partial charge in [0.05, 0.1) is 17.5 Å². The molecular formula is C33H26Cl2N2O5. The van der Waals surface area contributed by atoms with Gasteiger partial charge < -0.3 is 5.11 Å². The summed E-state index contributed by atoms with van der Waals surface area (Å²) in [7, 11) is 1.34. The lowest BCUT2D eigenvalue weighted by molar-refractivity contribution is -0.138. The standard InChI is InChI=1S/C33H26Cl2N2O5/c1-3-17-8-11-19(12-9-17)37-28(39)22-14-13-21-23(25(22)29(37)40)16-32(34)30(41)36(2)31(42)33(32,35)27(21)26-20-7-5-4-6-18(20)10-15-24(26)38/h3-13,15,22-23,25,27,38H,1,14,16H2,2H3.